The Morgan fingerprint density at radius 2 is 1.86 bits per heavy atom. The van der Waals surface area contributed by atoms with Crippen molar-refractivity contribution < 1.29 is 0 Å². The molecule has 4 heteroatoms. The zero-order valence-electron chi connectivity index (χ0n) is 12.6. The van der Waals surface area contributed by atoms with E-state index in [4.69, 9.17) is 18.0 Å². The lowest BCUT2D eigenvalue weighted by molar-refractivity contribution is 0.0937. The molecule has 0 atom stereocenters. The normalized spacial score (nSPS) is 21.7. The van der Waals surface area contributed by atoms with E-state index in [2.05, 4.69) is 28.0 Å². The summed E-state index contributed by atoms with van der Waals surface area (Å²) >= 11 is 5.06. The Labute approximate surface area is 133 Å². The lowest BCUT2D eigenvalue weighted by atomic mass is 10.1. The summed E-state index contributed by atoms with van der Waals surface area (Å²) in [5, 5.41) is 0. The SMILES string of the molecule is NC(=S)c1cccc(CN2CCN(C3CCCC3)CC2)c1. The fourth-order valence-corrected chi connectivity index (χ4v) is 3.76. The minimum absolute atomic E-state index is 0.489. The van der Waals surface area contributed by atoms with Gasteiger partial charge in [-0.1, -0.05) is 43.3 Å². The molecule has 114 valence electrons. The number of hydrogen-bond donors (Lipinski definition) is 1. The lowest BCUT2D eigenvalue weighted by Crippen LogP contribution is -2.49. The van der Waals surface area contributed by atoms with E-state index in [9.17, 15) is 0 Å². The average molecular weight is 303 g/mol. The molecule has 1 aromatic carbocycles. The first-order valence-electron chi connectivity index (χ1n) is 8.07. The Balaban J connectivity index is 1.53. The molecular weight excluding hydrogens is 278 g/mol. The third-order valence-corrected chi connectivity index (χ3v) is 5.10. The van der Waals surface area contributed by atoms with Gasteiger partial charge in [0.25, 0.3) is 0 Å². The summed E-state index contributed by atoms with van der Waals surface area (Å²) in [6.07, 6.45) is 5.68. The smallest absolute Gasteiger partial charge is 0.103 e. The molecule has 21 heavy (non-hydrogen) atoms. The number of hydrogen-bond acceptors (Lipinski definition) is 3. The number of rotatable bonds is 4. The van der Waals surface area contributed by atoms with Gasteiger partial charge < -0.3 is 5.73 Å². The third kappa shape index (κ3) is 3.82. The highest BCUT2D eigenvalue weighted by atomic mass is 32.1. The van der Waals surface area contributed by atoms with E-state index in [1.165, 1.54) is 57.4 Å². The summed E-state index contributed by atoms with van der Waals surface area (Å²) in [6, 6.07) is 9.21. The van der Waals surface area contributed by atoms with Crippen LogP contribution in [0, 0.1) is 0 Å². The molecule has 0 radical (unpaired) electrons. The molecule has 0 unspecified atom stereocenters. The summed E-state index contributed by atoms with van der Waals surface area (Å²) in [5.41, 5.74) is 8.01. The first-order chi connectivity index (χ1) is 10.2. The van der Waals surface area contributed by atoms with Crippen LogP contribution in [0.15, 0.2) is 24.3 Å². The Morgan fingerprint density at radius 1 is 1.14 bits per heavy atom. The van der Waals surface area contributed by atoms with Crippen LogP contribution in [0.3, 0.4) is 0 Å². The third-order valence-electron chi connectivity index (χ3n) is 4.87. The highest BCUT2D eigenvalue weighted by Gasteiger charge is 2.25. The molecule has 0 amide bonds. The molecule has 0 bridgehead atoms. The number of nitrogens with two attached hydrogens (primary N) is 1. The van der Waals surface area contributed by atoms with Crippen molar-refractivity contribution in [2.45, 2.75) is 38.3 Å². The molecule has 1 aliphatic carbocycles. The Bertz CT molecular complexity index is 489. The fraction of sp³-hybridized carbons (Fsp3) is 0.588. The standard InChI is InChI=1S/C17H25N3S/c18-17(21)15-5-3-4-14(12-15)13-19-8-10-20(11-9-19)16-6-1-2-7-16/h3-5,12,16H,1-2,6-11,13H2,(H2,18,21). The van der Waals surface area contributed by atoms with E-state index >= 15 is 0 Å². The predicted molar refractivity (Wildman–Crippen MR) is 91.4 cm³/mol. The van der Waals surface area contributed by atoms with Crippen molar-refractivity contribution in [1.29, 1.82) is 0 Å². The van der Waals surface area contributed by atoms with Crippen LogP contribution in [0.1, 0.15) is 36.8 Å². The molecule has 3 nitrogen and oxygen atoms in total. The van der Waals surface area contributed by atoms with Crippen LogP contribution in [0.25, 0.3) is 0 Å². The van der Waals surface area contributed by atoms with Gasteiger partial charge in [-0.3, -0.25) is 9.80 Å². The van der Waals surface area contributed by atoms with Crippen LogP contribution >= 0.6 is 12.2 Å². The second-order valence-corrected chi connectivity index (χ2v) is 6.75. The summed E-state index contributed by atoms with van der Waals surface area (Å²) in [4.78, 5) is 5.74. The molecule has 3 rings (SSSR count). The summed E-state index contributed by atoms with van der Waals surface area (Å²) in [6.45, 7) is 5.80. The van der Waals surface area contributed by atoms with Gasteiger partial charge in [0.1, 0.15) is 4.99 Å². The average Bonchev–Trinajstić information content (AvgIpc) is 3.02. The van der Waals surface area contributed by atoms with Crippen LogP contribution in [0.4, 0.5) is 0 Å². The monoisotopic (exact) mass is 303 g/mol. The molecule has 0 aromatic heterocycles. The van der Waals surface area contributed by atoms with Gasteiger partial charge in [-0.15, -0.1) is 0 Å². The molecule has 1 saturated carbocycles. The molecule has 1 saturated heterocycles. The molecule has 2 N–H and O–H groups in total. The minimum atomic E-state index is 0.489. The highest BCUT2D eigenvalue weighted by Crippen LogP contribution is 2.24. The minimum Gasteiger partial charge on any atom is -0.389 e. The molecule has 2 fully saturated rings. The largest absolute Gasteiger partial charge is 0.389 e. The van der Waals surface area contributed by atoms with Crippen molar-refractivity contribution in [3.8, 4) is 0 Å². The highest BCUT2D eigenvalue weighted by molar-refractivity contribution is 7.80. The maximum atomic E-state index is 5.71. The van der Waals surface area contributed by atoms with Crippen molar-refractivity contribution >= 4 is 17.2 Å². The zero-order chi connectivity index (χ0) is 14.7. The second kappa shape index (κ2) is 6.86. The predicted octanol–water partition coefficient (Wildman–Crippen LogP) is 2.38. The first kappa shape index (κ1) is 14.9. The summed E-state index contributed by atoms with van der Waals surface area (Å²) in [7, 11) is 0. The van der Waals surface area contributed by atoms with Crippen LogP contribution < -0.4 is 5.73 Å². The summed E-state index contributed by atoms with van der Waals surface area (Å²) in [5.74, 6) is 0. The molecule has 2 aliphatic rings. The zero-order valence-corrected chi connectivity index (χ0v) is 13.4. The molecule has 1 heterocycles. The number of benzene rings is 1. The fourth-order valence-electron chi connectivity index (χ4n) is 3.64. The van der Waals surface area contributed by atoms with Crippen LogP contribution in [-0.2, 0) is 6.54 Å². The van der Waals surface area contributed by atoms with Gasteiger partial charge >= 0.3 is 0 Å². The van der Waals surface area contributed by atoms with Crippen molar-refractivity contribution in [2.75, 3.05) is 26.2 Å². The van der Waals surface area contributed by atoms with Gasteiger partial charge in [-0.25, -0.2) is 0 Å². The van der Waals surface area contributed by atoms with Gasteiger partial charge in [0.2, 0.25) is 0 Å². The van der Waals surface area contributed by atoms with Crippen LogP contribution in [-0.4, -0.2) is 47.0 Å². The molecular formula is C17H25N3S. The van der Waals surface area contributed by atoms with Gasteiger partial charge in [0.05, 0.1) is 0 Å². The number of piperazine rings is 1. The molecule has 0 spiro atoms. The van der Waals surface area contributed by atoms with E-state index < -0.39 is 0 Å². The maximum absolute atomic E-state index is 5.71. The van der Waals surface area contributed by atoms with Crippen LogP contribution in [0.5, 0.6) is 0 Å². The number of thiocarbonyl (C=S) groups is 1. The van der Waals surface area contributed by atoms with E-state index in [-0.39, 0.29) is 0 Å². The number of nitrogens with zero attached hydrogens (tertiary/aromatic N) is 2. The van der Waals surface area contributed by atoms with Crippen molar-refractivity contribution in [1.82, 2.24) is 9.80 Å². The van der Waals surface area contributed by atoms with E-state index in [1.807, 2.05) is 6.07 Å². The Morgan fingerprint density at radius 3 is 2.52 bits per heavy atom. The molecule has 1 aliphatic heterocycles. The van der Waals surface area contributed by atoms with E-state index in [1.54, 1.807) is 0 Å². The lowest BCUT2D eigenvalue weighted by Gasteiger charge is -2.38. The van der Waals surface area contributed by atoms with Crippen molar-refractivity contribution in [3.05, 3.63) is 35.4 Å². The second-order valence-electron chi connectivity index (χ2n) is 6.32. The Hall–Kier alpha value is -0.970. The van der Waals surface area contributed by atoms with E-state index in [0.717, 1.165) is 18.2 Å². The quantitative estimate of drug-likeness (QED) is 0.866. The summed E-state index contributed by atoms with van der Waals surface area (Å²) < 4.78 is 0. The van der Waals surface area contributed by atoms with Crippen molar-refractivity contribution in [3.63, 3.8) is 0 Å². The Kier molecular flexibility index (Phi) is 4.88. The molecule has 1 aromatic rings. The topological polar surface area (TPSA) is 32.5 Å². The van der Waals surface area contributed by atoms with Gasteiger partial charge in [-0.2, -0.15) is 0 Å². The van der Waals surface area contributed by atoms with Crippen LogP contribution in [0.2, 0.25) is 0 Å². The maximum Gasteiger partial charge on any atom is 0.103 e. The van der Waals surface area contributed by atoms with Gasteiger partial charge in [-0.05, 0) is 24.5 Å². The van der Waals surface area contributed by atoms with Gasteiger partial charge in [0.15, 0.2) is 0 Å². The van der Waals surface area contributed by atoms with Crippen molar-refractivity contribution in [2.24, 2.45) is 5.73 Å². The van der Waals surface area contributed by atoms with Gasteiger partial charge in [0, 0.05) is 44.3 Å². The van der Waals surface area contributed by atoms with E-state index in [0.29, 0.717) is 4.99 Å². The first-order valence-corrected chi connectivity index (χ1v) is 8.48.